The zero-order valence-electron chi connectivity index (χ0n) is 12.0. The highest BCUT2D eigenvalue weighted by Gasteiger charge is 2.09. The topological polar surface area (TPSA) is 58.1 Å². The molecule has 1 atom stereocenters. The number of ether oxygens (including phenoxy) is 1. The molecule has 1 aromatic carbocycles. The van der Waals surface area contributed by atoms with E-state index < -0.39 is 6.10 Å². The van der Waals surface area contributed by atoms with E-state index >= 15 is 0 Å². The second kappa shape index (κ2) is 7.59. The standard InChI is InChI=1S/C15H19FN2O2S/c1-10(2)20-8-13(19)9-21-15-17-7-14(18-15)11-3-5-12(16)6-4-11/h3-7,10,13,19H,8-9H2,1-2H3,(H,17,18). The molecular weight excluding hydrogens is 291 g/mol. The summed E-state index contributed by atoms with van der Waals surface area (Å²) >= 11 is 1.43. The summed E-state index contributed by atoms with van der Waals surface area (Å²) in [6.45, 7) is 4.18. The number of H-pyrrole nitrogens is 1. The average Bonchev–Trinajstić information content (AvgIpc) is 2.92. The third-order valence-electron chi connectivity index (χ3n) is 2.74. The molecular formula is C15H19FN2O2S. The SMILES string of the molecule is CC(C)OCC(O)CSc1ncc(-c2ccc(F)cc2)[nH]1. The second-order valence-electron chi connectivity index (χ2n) is 4.96. The smallest absolute Gasteiger partial charge is 0.165 e. The zero-order valence-corrected chi connectivity index (χ0v) is 12.9. The van der Waals surface area contributed by atoms with Crippen molar-refractivity contribution in [2.24, 2.45) is 0 Å². The van der Waals surface area contributed by atoms with Crippen LogP contribution in [0, 0.1) is 5.82 Å². The molecule has 0 aliphatic heterocycles. The van der Waals surface area contributed by atoms with E-state index in [2.05, 4.69) is 9.97 Å². The molecule has 0 aliphatic rings. The first kappa shape index (κ1) is 16.0. The third-order valence-corrected chi connectivity index (χ3v) is 3.77. The Labute approximate surface area is 127 Å². The number of aliphatic hydroxyl groups is 1. The van der Waals surface area contributed by atoms with Crippen LogP contribution in [0.2, 0.25) is 0 Å². The Morgan fingerprint density at radius 1 is 1.33 bits per heavy atom. The summed E-state index contributed by atoms with van der Waals surface area (Å²) in [4.78, 5) is 7.39. The van der Waals surface area contributed by atoms with Crippen molar-refractivity contribution >= 4 is 11.8 Å². The van der Waals surface area contributed by atoms with Crippen molar-refractivity contribution in [3.8, 4) is 11.3 Å². The molecule has 2 rings (SSSR count). The minimum Gasteiger partial charge on any atom is -0.390 e. The van der Waals surface area contributed by atoms with Gasteiger partial charge >= 0.3 is 0 Å². The number of hydrogen-bond donors (Lipinski definition) is 2. The van der Waals surface area contributed by atoms with Crippen molar-refractivity contribution in [2.45, 2.75) is 31.2 Å². The quantitative estimate of drug-likeness (QED) is 0.772. The third kappa shape index (κ3) is 5.15. The Balaban J connectivity index is 1.87. The summed E-state index contributed by atoms with van der Waals surface area (Å²) in [5.41, 5.74) is 1.70. The highest BCUT2D eigenvalue weighted by Crippen LogP contribution is 2.22. The van der Waals surface area contributed by atoms with Crippen molar-refractivity contribution < 1.29 is 14.2 Å². The van der Waals surface area contributed by atoms with Gasteiger partial charge in [-0.1, -0.05) is 11.8 Å². The van der Waals surface area contributed by atoms with Gasteiger partial charge in [-0.25, -0.2) is 9.37 Å². The summed E-state index contributed by atoms with van der Waals surface area (Å²) in [7, 11) is 0. The van der Waals surface area contributed by atoms with Crippen LogP contribution in [0.5, 0.6) is 0 Å². The van der Waals surface area contributed by atoms with Gasteiger partial charge in [0.1, 0.15) is 5.82 Å². The minimum absolute atomic E-state index is 0.110. The van der Waals surface area contributed by atoms with Gasteiger partial charge in [-0.3, -0.25) is 0 Å². The first-order valence-corrected chi connectivity index (χ1v) is 7.76. The molecule has 2 aromatic rings. The van der Waals surface area contributed by atoms with Crippen LogP contribution in [0.1, 0.15) is 13.8 Å². The maximum atomic E-state index is 12.9. The van der Waals surface area contributed by atoms with Gasteiger partial charge in [0.15, 0.2) is 5.16 Å². The summed E-state index contributed by atoms with van der Waals surface area (Å²) in [5.74, 6) is 0.240. The number of halogens is 1. The molecule has 0 saturated heterocycles. The predicted octanol–water partition coefficient (Wildman–Crippen LogP) is 3.09. The van der Waals surface area contributed by atoms with Gasteiger partial charge in [0.05, 0.1) is 30.7 Å². The van der Waals surface area contributed by atoms with Crippen LogP contribution < -0.4 is 0 Å². The van der Waals surface area contributed by atoms with Gasteiger partial charge in [-0.05, 0) is 43.7 Å². The van der Waals surface area contributed by atoms with Crippen molar-refractivity contribution in [3.05, 3.63) is 36.3 Å². The van der Waals surface area contributed by atoms with E-state index in [1.54, 1.807) is 18.3 Å². The van der Waals surface area contributed by atoms with Crippen molar-refractivity contribution in [3.63, 3.8) is 0 Å². The lowest BCUT2D eigenvalue weighted by Crippen LogP contribution is -2.20. The van der Waals surface area contributed by atoms with E-state index in [4.69, 9.17) is 4.74 Å². The number of nitrogens with one attached hydrogen (secondary N) is 1. The molecule has 0 bridgehead atoms. The molecule has 6 heteroatoms. The van der Waals surface area contributed by atoms with E-state index in [1.807, 2.05) is 13.8 Å². The lowest BCUT2D eigenvalue weighted by molar-refractivity contribution is 0.0152. The number of benzene rings is 1. The van der Waals surface area contributed by atoms with Crippen molar-refractivity contribution in [1.82, 2.24) is 9.97 Å². The van der Waals surface area contributed by atoms with Crippen LogP contribution in [-0.2, 0) is 4.74 Å². The Morgan fingerprint density at radius 2 is 2.05 bits per heavy atom. The molecule has 0 fully saturated rings. The number of hydrogen-bond acceptors (Lipinski definition) is 4. The molecule has 0 aliphatic carbocycles. The summed E-state index contributed by atoms with van der Waals surface area (Å²) in [6, 6.07) is 6.22. The van der Waals surface area contributed by atoms with Crippen LogP contribution in [0.15, 0.2) is 35.6 Å². The monoisotopic (exact) mass is 310 g/mol. The number of rotatable bonds is 7. The number of aliphatic hydroxyl groups excluding tert-OH is 1. The number of aromatic nitrogens is 2. The number of thioether (sulfide) groups is 1. The first-order valence-electron chi connectivity index (χ1n) is 6.78. The maximum Gasteiger partial charge on any atom is 0.165 e. The molecule has 0 spiro atoms. The average molecular weight is 310 g/mol. The van der Waals surface area contributed by atoms with Gasteiger partial charge in [0.25, 0.3) is 0 Å². The predicted molar refractivity (Wildman–Crippen MR) is 81.8 cm³/mol. The van der Waals surface area contributed by atoms with E-state index in [0.29, 0.717) is 12.4 Å². The van der Waals surface area contributed by atoms with Gasteiger partial charge in [-0.15, -0.1) is 0 Å². The summed E-state index contributed by atoms with van der Waals surface area (Å²) in [6.07, 6.45) is 1.28. The van der Waals surface area contributed by atoms with Crippen LogP contribution in [-0.4, -0.2) is 39.6 Å². The van der Waals surface area contributed by atoms with Gasteiger partial charge in [0, 0.05) is 5.75 Å². The highest BCUT2D eigenvalue weighted by atomic mass is 32.2. The lowest BCUT2D eigenvalue weighted by atomic mass is 10.2. The minimum atomic E-state index is -0.531. The number of nitrogens with zero attached hydrogens (tertiary/aromatic N) is 1. The van der Waals surface area contributed by atoms with E-state index in [9.17, 15) is 9.50 Å². The lowest BCUT2D eigenvalue weighted by Gasteiger charge is -2.12. The number of imidazole rings is 1. The Morgan fingerprint density at radius 3 is 2.71 bits per heavy atom. The van der Waals surface area contributed by atoms with Crippen LogP contribution in [0.25, 0.3) is 11.3 Å². The molecule has 1 aromatic heterocycles. The molecule has 1 heterocycles. The van der Waals surface area contributed by atoms with Gasteiger partial charge in [-0.2, -0.15) is 0 Å². The highest BCUT2D eigenvalue weighted by molar-refractivity contribution is 7.99. The fourth-order valence-electron chi connectivity index (χ4n) is 1.68. The van der Waals surface area contributed by atoms with Crippen LogP contribution >= 0.6 is 11.8 Å². The maximum absolute atomic E-state index is 12.9. The van der Waals surface area contributed by atoms with E-state index in [0.717, 1.165) is 16.4 Å². The van der Waals surface area contributed by atoms with Crippen molar-refractivity contribution in [1.29, 1.82) is 0 Å². The zero-order chi connectivity index (χ0) is 15.2. The molecule has 1 unspecified atom stereocenters. The summed E-state index contributed by atoms with van der Waals surface area (Å²) in [5, 5.41) is 10.5. The molecule has 0 amide bonds. The Hall–Kier alpha value is -1.37. The molecule has 21 heavy (non-hydrogen) atoms. The Kier molecular flexibility index (Phi) is 5.78. The fourth-order valence-corrected chi connectivity index (χ4v) is 2.44. The van der Waals surface area contributed by atoms with E-state index in [-0.39, 0.29) is 11.9 Å². The number of aromatic amines is 1. The fraction of sp³-hybridized carbons (Fsp3) is 0.400. The summed E-state index contributed by atoms with van der Waals surface area (Å²) < 4.78 is 18.2. The van der Waals surface area contributed by atoms with Crippen molar-refractivity contribution in [2.75, 3.05) is 12.4 Å². The molecule has 0 saturated carbocycles. The van der Waals surface area contributed by atoms with Crippen LogP contribution in [0.3, 0.4) is 0 Å². The van der Waals surface area contributed by atoms with Gasteiger partial charge in [0.2, 0.25) is 0 Å². The molecule has 0 radical (unpaired) electrons. The van der Waals surface area contributed by atoms with Gasteiger partial charge < -0.3 is 14.8 Å². The first-order chi connectivity index (χ1) is 10.0. The normalized spacial score (nSPS) is 12.8. The molecule has 114 valence electrons. The molecule has 4 nitrogen and oxygen atoms in total. The second-order valence-corrected chi connectivity index (χ2v) is 5.96. The largest absolute Gasteiger partial charge is 0.390 e. The molecule has 2 N–H and O–H groups in total. The Bertz CT molecular complexity index is 557. The van der Waals surface area contributed by atoms with Crippen LogP contribution in [0.4, 0.5) is 4.39 Å². The van der Waals surface area contributed by atoms with E-state index in [1.165, 1.54) is 23.9 Å².